The van der Waals surface area contributed by atoms with Crippen molar-refractivity contribution >= 4 is 34.9 Å². The van der Waals surface area contributed by atoms with Crippen LogP contribution in [-0.4, -0.2) is 65.6 Å². The second kappa shape index (κ2) is 12.8. The molecule has 1 aromatic heterocycles. The number of piperazine rings is 1. The van der Waals surface area contributed by atoms with Gasteiger partial charge in [0.15, 0.2) is 5.17 Å². The molecule has 186 valence electrons. The molecule has 0 amide bonds. The fourth-order valence-corrected chi connectivity index (χ4v) is 3.83. The number of aliphatic imine (C=N–C) groups is 3. The van der Waals surface area contributed by atoms with Gasteiger partial charge in [-0.25, -0.2) is 9.98 Å². The topological polar surface area (TPSA) is 129 Å². The van der Waals surface area contributed by atoms with Gasteiger partial charge in [0.1, 0.15) is 11.5 Å². The average Bonchev–Trinajstić information content (AvgIpc) is 3.39. The summed E-state index contributed by atoms with van der Waals surface area (Å²) in [5.74, 6) is 0.817. The molecule has 0 atom stereocenters. The van der Waals surface area contributed by atoms with Gasteiger partial charge < -0.3 is 30.8 Å². The molecule has 5 N–H and O–H groups in total. The van der Waals surface area contributed by atoms with Crippen LogP contribution in [0.15, 0.2) is 84.3 Å². The third-order valence-electron chi connectivity index (χ3n) is 5.43. The maximum absolute atomic E-state index is 9.60. The Morgan fingerprint density at radius 2 is 1.83 bits per heavy atom. The molecular weight excluding hydrogens is 462 g/mol. The number of hydrogen-bond donors (Lipinski definition) is 3. The molecule has 9 nitrogen and oxygen atoms in total. The van der Waals surface area contributed by atoms with E-state index >= 15 is 0 Å². The third kappa shape index (κ3) is 8.34. The van der Waals surface area contributed by atoms with Crippen molar-refractivity contribution in [1.29, 1.82) is 0 Å². The van der Waals surface area contributed by atoms with E-state index in [1.807, 2.05) is 13.8 Å². The number of benzene rings is 1. The lowest BCUT2D eigenvalue weighted by Crippen LogP contribution is -2.43. The summed E-state index contributed by atoms with van der Waals surface area (Å²) in [6, 6.07) is 10.4. The number of aromatic hydroxyl groups is 1. The molecule has 2 heterocycles. The molecule has 0 aliphatic carbocycles. The number of nitrogens with zero attached hydrogens (tertiary/aromatic N) is 5. The van der Waals surface area contributed by atoms with Crippen LogP contribution in [0.1, 0.15) is 26.0 Å². The Labute approximate surface area is 210 Å². The molecule has 10 heteroatoms. The van der Waals surface area contributed by atoms with Gasteiger partial charge in [-0.2, -0.15) is 4.99 Å². The number of amidine groups is 1. The van der Waals surface area contributed by atoms with E-state index in [0.29, 0.717) is 22.3 Å². The van der Waals surface area contributed by atoms with Crippen molar-refractivity contribution in [1.82, 2.24) is 9.80 Å². The highest BCUT2D eigenvalue weighted by atomic mass is 32.2. The molecule has 3 rings (SSSR count). The molecule has 0 saturated carbocycles. The highest BCUT2D eigenvalue weighted by Crippen LogP contribution is 2.23. The van der Waals surface area contributed by atoms with Gasteiger partial charge in [-0.05, 0) is 80.2 Å². The van der Waals surface area contributed by atoms with Crippen molar-refractivity contribution in [3.63, 3.8) is 0 Å². The zero-order valence-electron chi connectivity index (χ0n) is 20.4. The van der Waals surface area contributed by atoms with Crippen LogP contribution < -0.4 is 11.5 Å². The minimum atomic E-state index is 0.0631. The first-order valence-electron chi connectivity index (χ1n) is 11.4. The molecule has 1 aliphatic heterocycles. The highest BCUT2D eigenvalue weighted by Gasteiger charge is 2.12. The summed E-state index contributed by atoms with van der Waals surface area (Å²) in [6.07, 6.45) is 5.88. The highest BCUT2D eigenvalue weighted by molar-refractivity contribution is 8.14. The SMILES string of the molecule is CC/C(C)=C(/C=C(\N)c1ccco1)\N=C(N)/N=C(\N=C\N1CCN(C)CC1)Sc1ccc(O)cc1. The largest absolute Gasteiger partial charge is 0.508 e. The second-order valence-electron chi connectivity index (χ2n) is 8.14. The van der Waals surface area contributed by atoms with Crippen molar-refractivity contribution < 1.29 is 9.52 Å². The lowest BCUT2D eigenvalue weighted by molar-refractivity contribution is 0.219. The van der Waals surface area contributed by atoms with Gasteiger partial charge in [0.05, 0.1) is 24.0 Å². The van der Waals surface area contributed by atoms with E-state index in [2.05, 4.69) is 31.8 Å². The number of allylic oxidation sites excluding steroid dienone is 2. The van der Waals surface area contributed by atoms with E-state index in [4.69, 9.17) is 15.9 Å². The molecule has 0 unspecified atom stereocenters. The molecule has 0 spiro atoms. The Morgan fingerprint density at radius 3 is 2.46 bits per heavy atom. The van der Waals surface area contributed by atoms with E-state index in [-0.39, 0.29) is 11.7 Å². The Bertz CT molecular complexity index is 1110. The van der Waals surface area contributed by atoms with Gasteiger partial charge in [0.2, 0.25) is 5.96 Å². The number of rotatable bonds is 6. The van der Waals surface area contributed by atoms with E-state index in [0.717, 1.165) is 43.1 Å². The Balaban J connectivity index is 1.89. The van der Waals surface area contributed by atoms with E-state index in [9.17, 15) is 5.11 Å². The van der Waals surface area contributed by atoms with Crippen molar-refractivity contribution in [2.24, 2.45) is 26.4 Å². The number of phenols is 1. The number of hydrogen-bond acceptors (Lipinski definition) is 6. The van der Waals surface area contributed by atoms with Gasteiger partial charge in [0.25, 0.3) is 0 Å². The minimum Gasteiger partial charge on any atom is -0.508 e. The number of guanidine groups is 1. The summed E-state index contributed by atoms with van der Waals surface area (Å²) < 4.78 is 5.38. The Kier molecular flexibility index (Phi) is 9.56. The molecule has 0 radical (unpaired) electrons. The fourth-order valence-electron chi connectivity index (χ4n) is 3.11. The summed E-state index contributed by atoms with van der Waals surface area (Å²) in [5.41, 5.74) is 14.5. The van der Waals surface area contributed by atoms with Crippen molar-refractivity contribution in [3.8, 4) is 5.75 Å². The van der Waals surface area contributed by atoms with Gasteiger partial charge in [-0.3, -0.25) is 0 Å². The molecule has 35 heavy (non-hydrogen) atoms. The van der Waals surface area contributed by atoms with E-state index in [1.165, 1.54) is 11.8 Å². The number of likely N-dealkylation sites (N-methyl/N-ethyl adjacent to an activating group) is 1. The summed E-state index contributed by atoms with van der Waals surface area (Å²) in [4.78, 5) is 18.9. The maximum Gasteiger partial charge on any atom is 0.223 e. The summed E-state index contributed by atoms with van der Waals surface area (Å²) in [5, 5.41) is 10.0. The van der Waals surface area contributed by atoms with Crippen LogP contribution in [0.2, 0.25) is 0 Å². The van der Waals surface area contributed by atoms with Crippen molar-refractivity contribution in [3.05, 3.63) is 65.8 Å². The van der Waals surface area contributed by atoms with Crippen LogP contribution in [-0.2, 0) is 0 Å². The molecule has 1 aromatic carbocycles. The second-order valence-corrected chi connectivity index (χ2v) is 9.18. The smallest absolute Gasteiger partial charge is 0.223 e. The summed E-state index contributed by atoms with van der Waals surface area (Å²) >= 11 is 1.34. The molecule has 1 fully saturated rings. The van der Waals surface area contributed by atoms with Gasteiger partial charge in [-0.15, -0.1) is 0 Å². The van der Waals surface area contributed by atoms with Gasteiger partial charge in [0, 0.05) is 31.1 Å². The first kappa shape index (κ1) is 26.1. The number of thioether (sulfide) groups is 1. The van der Waals surface area contributed by atoms with Crippen LogP contribution in [0.3, 0.4) is 0 Å². The predicted octanol–water partition coefficient (Wildman–Crippen LogP) is 3.71. The number of phenolic OH excluding ortho intramolecular Hbond substituents is 1. The number of furan rings is 1. The monoisotopic (exact) mass is 495 g/mol. The fraction of sp³-hybridized carbons (Fsp3) is 0.320. The van der Waals surface area contributed by atoms with Crippen LogP contribution >= 0.6 is 11.8 Å². The maximum atomic E-state index is 9.60. The first-order chi connectivity index (χ1) is 16.8. The normalized spacial score (nSPS) is 17.2. The van der Waals surface area contributed by atoms with Crippen molar-refractivity contribution in [2.75, 3.05) is 33.2 Å². The third-order valence-corrected chi connectivity index (χ3v) is 6.31. The minimum absolute atomic E-state index is 0.0631. The first-order valence-corrected chi connectivity index (χ1v) is 12.2. The average molecular weight is 496 g/mol. The molecule has 0 bridgehead atoms. The van der Waals surface area contributed by atoms with Crippen LogP contribution in [0.5, 0.6) is 5.75 Å². The lowest BCUT2D eigenvalue weighted by atomic mass is 10.1. The summed E-state index contributed by atoms with van der Waals surface area (Å²) in [6.45, 7) is 7.73. The van der Waals surface area contributed by atoms with Crippen LogP contribution in [0.4, 0.5) is 0 Å². The molecule has 2 aromatic rings. The van der Waals surface area contributed by atoms with Crippen molar-refractivity contribution in [2.45, 2.75) is 25.2 Å². The zero-order valence-corrected chi connectivity index (χ0v) is 21.2. The zero-order chi connectivity index (χ0) is 25.2. The predicted molar refractivity (Wildman–Crippen MR) is 144 cm³/mol. The molecule has 1 aliphatic rings. The summed E-state index contributed by atoms with van der Waals surface area (Å²) in [7, 11) is 2.11. The van der Waals surface area contributed by atoms with E-state index < -0.39 is 0 Å². The van der Waals surface area contributed by atoms with Gasteiger partial charge >= 0.3 is 0 Å². The van der Waals surface area contributed by atoms with Gasteiger partial charge in [-0.1, -0.05) is 6.92 Å². The lowest BCUT2D eigenvalue weighted by Gasteiger charge is -2.30. The van der Waals surface area contributed by atoms with Crippen LogP contribution in [0, 0.1) is 0 Å². The Hall–Kier alpha value is -3.50. The molecule has 1 saturated heterocycles. The quantitative estimate of drug-likeness (QED) is 0.241. The standard InChI is InChI=1S/C25H33N7O2S/c1-4-18(2)22(16-21(26)23-6-5-15-34-23)29-24(27)30-25(35-20-9-7-19(33)8-10-20)28-17-32-13-11-31(3)12-14-32/h5-10,15-17,33H,4,11-14,26H2,1-3H3,(H2,27,29)/b21-16-,22-18-,28-17+,30-25+. The number of nitrogens with two attached hydrogens (primary N) is 2. The van der Waals surface area contributed by atoms with E-state index in [1.54, 1.807) is 55.1 Å². The van der Waals surface area contributed by atoms with Crippen LogP contribution in [0.25, 0.3) is 5.70 Å². The molecular formula is C25H33N7O2S. The Morgan fingerprint density at radius 1 is 1.11 bits per heavy atom.